The number of nitrogens with one attached hydrogen (secondary N) is 1. The van der Waals surface area contributed by atoms with Gasteiger partial charge in [-0.3, -0.25) is 0 Å². The minimum absolute atomic E-state index is 0.377. The second kappa shape index (κ2) is 7.92. The summed E-state index contributed by atoms with van der Waals surface area (Å²) in [5.41, 5.74) is 1.37. The van der Waals surface area contributed by atoms with Crippen molar-refractivity contribution in [3.63, 3.8) is 0 Å². The highest BCUT2D eigenvalue weighted by molar-refractivity contribution is 5.19. The standard InChI is InChI=1S/C16H23N/c1-4-6-13-16(17-14(3)10-5-2)15-11-8-7-9-12-15/h2,7-9,11-12,14,16-17H,4,6,10,13H2,1,3H3. The molecule has 1 heteroatoms. The second-order valence-electron chi connectivity index (χ2n) is 4.58. The lowest BCUT2D eigenvalue weighted by Gasteiger charge is -2.22. The van der Waals surface area contributed by atoms with E-state index >= 15 is 0 Å². The third kappa shape index (κ3) is 5.06. The molecule has 1 nitrogen and oxygen atoms in total. The highest BCUT2D eigenvalue weighted by atomic mass is 14.9. The van der Waals surface area contributed by atoms with Crippen LogP contribution in [-0.4, -0.2) is 6.04 Å². The highest BCUT2D eigenvalue weighted by Crippen LogP contribution is 2.20. The molecular weight excluding hydrogens is 206 g/mol. The van der Waals surface area contributed by atoms with Crippen molar-refractivity contribution in [1.82, 2.24) is 5.32 Å². The summed E-state index contributed by atoms with van der Waals surface area (Å²) in [6.07, 6.45) is 9.79. The normalized spacial score (nSPS) is 13.9. The van der Waals surface area contributed by atoms with E-state index in [0.29, 0.717) is 12.1 Å². The smallest absolute Gasteiger partial charge is 0.0322 e. The summed E-state index contributed by atoms with van der Waals surface area (Å²) < 4.78 is 0. The van der Waals surface area contributed by atoms with Crippen LogP contribution in [0.5, 0.6) is 0 Å². The zero-order valence-electron chi connectivity index (χ0n) is 10.9. The van der Waals surface area contributed by atoms with E-state index < -0.39 is 0 Å². The molecule has 0 aliphatic rings. The molecule has 2 unspecified atom stereocenters. The average molecular weight is 229 g/mol. The first-order valence-electron chi connectivity index (χ1n) is 6.52. The Morgan fingerprint density at radius 1 is 1.29 bits per heavy atom. The molecule has 2 atom stereocenters. The van der Waals surface area contributed by atoms with E-state index in [1.807, 2.05) is 0 Å². The Labute approximate surface area is 106 Å². The molecule has 0 saturated carbocycles. The van der Waals surface area contributed by atoms with Crippen molar-refractivity contribution < 1.29 is 0 Å². The Morgan fingerprint density at radius 3 is 2.59 bits per heavy atom. The van der Waals surface area contributed by atoms with Crippen LogP contribution in [0.4, 0.5) is 0 Å². The van der Waals surface area contributed by atoms with E-state index in [4.69, 9.17) is 6.42 Å². The maximum Gasteiger partial charge on any atom is 0.0322 e. The quantitative estimate of drug-likeness (QED) is 0.699. The number of hydrogen-bond acceptors (Lipinski definition) is 1. The van der Waals surface area contributed by atoms with Gasteiger partial charge in [0.1, 0.15) is 0 Å². The summed E-state index contributed by atoms with van der Waals surface area (Å²) in [7, 11) is 0. The summed E-state index contributed by atoms with van der Waals surface area (Å²) in [6.45, 7) is 4.38. The van der Waals surface area contributed by atoms with Gasteiger partial charge in [0.15, 0.2) is 0 Å². The van der Waals surface area contributed by atoms with Gasteiger partial charge in [-0.25, -0.2) is 0 Å². The predicted molar refractivity (Wildman–Crippen MR) is 74.8 cm³/mol. The summed E-state index contributed by atoms with van der Waals surface area (Å²) in [5.74, 6) is 2.72. The van der Waals surface area contributed by atoms with E-state index in [0.717, 1.165) is 6.42 Å². The Balaban J connectivity index is 2.64. The van der Waals surface area contributed by atoms with E-state index in [-0.39, 0.29) is 0 Å². The average Bonchev–Trinajstić information content (AvgIpc) is 2.36. The molecule has 0 saturated heterocycles. The van der Waals surface area contributed by atoms with Gasteiger partial charge in [0.05, 0.1) is 0 Å². The van der Waals surface area contributed by atoms with Gasteiger partial charge < -0.3 is 5.32 Å². The van der Waals surface area contributed by atoms with Crippen molar-refractivity contribution >= 4 is 0 Å². The topological polar surface area (TPSA) is 12.0 Å². The van der Waals surface area contributed by atoms with Crippen LogP contribution in [0.2, 0.25) is 0 Å². The molecule has 1 aromatic rings. The predicted octanol–water partition coefficient (Wildman–Crippen LogP) is 3.92. The molecule has 92 valence electrons. The van der Waals surface area contributed by atoms with Crippen LogP contribution in [0, 0.1) is 12.3 Å². The summed E-state index contributed by atoms with van der Waals surface area (Å²) in [4.78, 5) is 0. The first-order valence-corrected chi connectivity index (χ1v) is 6.52. The van der Waals surface area contributed by atoms with Crippen molar-refractivity contribution in [3.8, 4) is 12.3 Å². The second-order valence-corrected chi connectivity index (χ2v) is 4.58. The van der Waals surface area contributed by atoms with Gasteiger partial charge in [-0.05, 0) is 18.9 Å². The van der Waals surface area contributed by atoms with E-state index in [1.165, 1.54) is 24.8 Å². The van der Waals surface area contributed by atoms with Crippen LogP contribution >= 0.6 is 0 Å². The molecule has 1 N–H and O–H groups in total. The number of terminal acetylenes is 1. The summed E-state index contributed by atoms with van der Waals surface area (Å²) in [5, 5.41) is 3.63. The van der Waals surface area contributed by atoms with Crippen molar-refractivity contribution in [2.75, 3.05) is 0 Å². The SMILES string of the molecule is C#CCC(C)NC(CCCC)c1ccccc1. The van der Waals surface area contributed by atoms with Crippen LogP contribution in [0.1, 0.15) is 51.1 Å². The molecule has 0 aliphatic carbocycles. The minimum atomic E-state index is 0.377. The van der Waals surface area contributed by atoms with Gasteiger partial charge in [0.25, 0.3) is 0 Å². The molecule has 0 bridgehead atoms. The largest absolute Gasteiger partial charge is 0.307 e. The first kappa shape index (κ1) is 13.8. The number of benzene rings is 1. The van der Waals surface area contributed by atoms with Gasteiger partial charge >= 0.3 is 0 Å². The summed E-state index contributed by atoms with van der Waals surface area (Å²) >= 11 is 0. The molecule has 17 heavy (non-hydrogen) atoms. The monoisotopic (exact) mass is 229 g/mol. The van der Waals surface area contributed by atoms with Crippen molar-refractivity contribution in [2.45, 2.75) is 51.6 Å². The minimum Gasteiger partial charge on any atom is -0.307 e. The van der Waals surface area contributed by atoms with Gasteiger partial charge in [-0.15, -0.1) is 12.3 Å². The Bertz CT molecular complexity index is 336. The molecule has 0 radical (unpaired) electrons. The Morgan fingerprint density at radius 2 is 2.00 bits per heavy atom. The van der Waals surface area contributed by atoms with Crippen LogP contribution < -0.4 is 5.32 Å². The molecule has 0 aromatic heterocycles. The molecule has 1 rings (SSSR count). The number of hydrogen-bond donors (Lipinski definition) is 1. The molecule has 0 spiro atoms. The van der Waals surface area contributed by atoms with Crippen molar-refractivity contribution in [2.24, 2.45) is 0 Å². The first-order chi connectivity index (χ1) is 8.27. The fourth-order valence-electron chi connectivity index (χ4n) is 2.02. The van der Waals surface area contributed by atoms with Crippen molar-refractivity contribution in [3.05, 3.63) is 35.9 Å². The van der Waals surface area contributed by atoms with Crippen LogP contribution in [-0.2, 0) is 0 Å². The Kier molecular flexibility index (Phi) is 6.43. The van der Waals surface area contributed by atoms with E-state index in [9.17, 15) is 0 Å². The zero-order valence-corrected chi connectivity index (χ0v) is 10.9. The third-order valence-electron chi connectivity index (χ3n) is 2.96. The molecule has 0 aliphatic heterocycles. The summed E-state index contributed by atoms with van der Waals surface area (Å²) in [6, 6.07) is 11.4. The lowest BCUT2D eigenvalue weighted by atomic mass is 10.00. The van der Waals surface area contributed by atoms with E-state index in [2.05, 4.69) is 55.4 Å². The molecule has 0 amide bonds. The van der Waals surface area contributed by atoms with Gasteiger partial charge in [-0.1, -0.05) is 50.1 Å². The van der Waals surface area contributed by atoms with Crippen molar-refractivity contribution in [1.29, 1.82) is 0 Å². The fraction of sp³-hybridized carbons (Fsp3) is 0.500. The van der Waals surface area contributed by atoms with Gasteiger partial charge in [0.2, 0.25) is 0 Å². The third-order valence-corrected chi connectivity index (χ3v) is 2.96. The van der Waals surface area contributed by atoms with Gasteiger partial charge in [0, 0.05) is 18.5 Å². The molecule has 0 fully saturated rings. The highest BCUT2D eigenvalue weighted by Gasteiger charge is 2.12. The van der Waals surface area contributed by atoms with Gasteiger partial charge in [-0.2, -0.15) is 0 Å². The van der Waals surface area contributed by atoms with Crippen LogP contribution in [0.3, 0.4) is 0 Å². The fourth-order valence-corrected chi connectivity index (χ4v) is 2.02. The Hall–Kier alpha value is -1.26. The van der Waals surface area contributed by atoms with E-state index in [1.54, 1.807) is 0 Å². The lowest BCUT2D eigenvalue weighted by molar-refractivity contribution is 0.427. The zero-order chi connectivity index (χ0) is 12.5. The maximum absolute atomic E-state index is 5.35. The molecular formula is C16H23N. The molecule has 0 heterocycles. The van der Waals surface area contributed by atoms with Crippen LogP contribution in [0.15, 0.2) is 30.3 Å². The lowest BCUT2D eigenvalue weighted by Crippen LogP contribution is -2.30. The molecule has 1 aromatic carbocycles. The number of rotatable bonds is 7. The maximum atomic E-state index is 5.35. The number of unbranched alkanes of at least 4 members (excludes halogenated alkanes) is 1. The van der Waals surface area contributed by atoms with Crippen LogP contribution in [0.25, 0.3) is 0 Å².